The molecule has 0 radical (unpaired) electrons. The van der Waals surface area contributed by atoms with Gasteiger partial charge in [-0.05, 0) is 36.3 Å². The Morgan fingerprint density at radius 3 is 2.55 bits per heavy atom. The first kappa shape index (κ1) is 20.9. The lowest BCUT2D eigenvalue weighted by atomic mass is 10.0. The minimum atomic E-state index is -0.972. The second kappa shape index (κ2) is 10.6. The van der Waals surface area contributed by atoms with Gasteiger partial charge in [-0.3, -0.25) is 4.90 Å². The zero-order chi connectivity index (χ0) is 20.5. The van der Waals surface area contributed by atoms with Gasteiger partial charge < -0.3 is 19.3 Å². The predicted molar refractivity (Wildman–Crippen MR) is 112 cm³/mol. The molecule has 0 aliphatic carbocycles. The molecule has 29 heavy (non-hydrogen) atoms. The Balaban J connectivity index is 1.74. The standard InChI is InChI=1S/C23H27NO5/c1-2-28-22-17-18(16-20(23(25)26)19-6-4-3-5-7-19)8-9-21(22)29-15-12-24-10-13-27-14-11-24/h3-9,16-17H,2,10-15H2,1H3,(H,25,26)/b20-16-. The molecule has 2 aromatic rings. The number of nitrogens with zero attached hydrogens (tertiary/aromatic N) is 1. The lowest BCUT2D eigenvalue weighted by Gasteiger charge is -2.26. The van der Waals surface area contributed by atoms with Crippen molar-refractivity contribution in [2.75, 3.05) is 46.1 Å². The molecular weight excluding hydrogens is 370 g/mol. The summed E-state index contributed by atoms with van der Waals surface area (Å²) in [5, 5.41) is 9.62. The number of benzene rings is 2. The van der Waals surface area contributed by atoms with Crippen LogP contribution in [0.25, 0.3) is 11.6 Å². The number of carboxylic acids is 1. The molecule has 1 aliphatic rings. The number of hydrogen-bond donors (Lipinski definition) is 1. The van der Waals surface area contributed by atoms with E-state index in [-0.39, 0.29) is 5.57 Å². The second-order valence-corrected chi connectivity index (χ2v) is 6.67. The fourth-order valence-electron chi connectivity index (χ4n) is 3.16. The third kappa shape index (κ3) is 6.07. The van der Waals surface area contributed by atoms with Gasteiger partial charge in [0, 0.05) is 19.6 Å². The summed E-state index contributed by atoms with van der Waals surface area (Å²) in [4.78, 5) is 14.0. The van der Waals surface area contributed by atoms with Crippen LogP contribution in [-0.2, 0) is 9.53 Å². The van der Waals surface area contributed by atoms with E-state index in [1.165, 1.54) is 0 Å². The minimum Gasteiger partial charge on any atom is -0.490 e. The maximum atomic E-state index is 11.7. The van der Waals surface area contributed by atoms with Crippen molar-refractivity contribution in [2.24, 2.45) is 0 Å². The van der Waals surface area contributed by atoms with Crippen molar-refractivity contribution in [2.45, 2.75) is 6.92 Å². The summed E-state index contributed by atoms with van der Waals surface area (Å²) >= 11 is 0. The highest BCUT2D eigenvalue weighted by molar-refractivity contribution is 6.20. The monoisotopic (exact) mass is 397 g/mol. The molecule has 3 rings (SSSR count). The highest BCUT2D eigenvalue weighted by Crippen LogP contribution is 2.30. The molecule has 1 fully saturated rings. The van der Waals surface area contributed by atoms with Crippen LogP contribution in [0.4, 0.5) is 0 Å². The minimum absolute atomic E-state index is 0.231. The molecule has 0 saturated carbocycles. The number of morpholine rings is 1. The summed E-state index contributed by atoms with van der Waals surface area (Å²) < 4.78 is 17.0. The van der Waals surface area contributed by atoms with Crippen molar-refractivity contribution in [1.82, 2.24) is 4.90 Å². The van der Waals surface area contributed by atoms with Crippen molar-refractivity contribution in [3.8, 4) is 11.5 Å². The van der Waals surface area contributed by atoms with Crippen LogP contribution in [0.2, 0.25) is 0 Å². The fraction of sp³-hybridized carbons (Fsp3) is 0.348. The maximum absolute atomic E-state index is 11.7. The molecule has 6 nitrogen and oxygen atoms in total. The van der Waals surface area contributed by atoms with E-state index in [4.69, 9.17) is 14.2 Å². The van der Waals surface area contributed by atoms with Crippen molar-refractivity contribution in [3.05, 3.63) is 59.7 Å². The summed E-state index contributed by atoms with van der Waals surface area (Å²) in [5.41, 5.74) is 1.63. The second-order valence-electron chi connectivity index (χ2n) is 6.67. The van der Waals surface area contributed by atoms with E-state index in [0.717, 1.165) is 38.4 Å². The molecular formula is C23H27NO5. The highest BCUT2D eigenvalue weighted by Gasteiger charge is 2.13. The summed E-state index contributed by atoms with van der Waals surface area (Å²) in [5.74, 6) is 0.301. The number of ether oxygens (including phenoxy) is 3. The summed E-state index contributed by atoms with van der Waals surface area (Å²) in [6.07, 6.45) is 1.65. The predicted octanol–water partition coefficient (Wildman–Crippen LogP) is 3.42. The molecule has 0 aromatic heterocycles. The van der Waals surface area contributed by atoms with E-state index in [9.17, 15) is 9.90 Å². The molecule has 0 spiro atoms. The third-order valence-electron chi connectivity index (χ3n) is 4.66. The van der Waals surface area contributed by atoms with Crippen molar-refractivity contribution in [1.29, 1.82) is 0 Å². The van der Waals surface area contributed by atoms with E-state index < -0.39 is 5.97 Å². The van der Waals surface area contributed by atoms with E-state index in [0.29, 0.717) is 30.3 Å². The van der Waals surface area contributed by atoms with Gasteiger partial charge in [-0.15, -0.1) is 0 Å². The van der Waals surface area contributed by atoms with Gasteiger partial charge in [0.25, 0.3) is 0 Å². The topological polar surface area (TPSA) is 68.2 Å². The van der Waals surface area contributed by atoms with E-state index in [1.807, 2.05) is 43.3 Å². The van der Waals surface area contributed by atoms with Crippen molar-refractivity contribution in [3.63, 3.8) is 0 Å². The smallest absolute Gasteiger partial charge is 0.336 e. The molecule has 0 atom stereocenters. The Morgan fingerprint density at radius 1 is 1.10 bits per heavy atom. The Bertz CT molecular complexity index is 828. The summed E-state index contributed by atoms with van der Waals surface area (Å²) in [7, 11) is 0. The third-order valence-corrected chi connectivity index (χ3v) is 4.66. The molecule has 0 unspecified atom stereocenters. The molecule has 1 heterocycles. The normalized spacial score (nSPS) is 15.1. The van der Waals surface area contributed by atoms with Gasteiger partial charge in [0.05, 0.1) is 25.4 Å². The van der Waals surface area contributed by atoms with E-state index in [2.05, 4.69) is 4.90 Å². The van der Waals surface area contributed by atoms with Gasteiger partial charge >= 0.3 is 5.97 Å². The molecule has 6 heteroatoms. The quantitative estimate of drug-likeness (QED) is 0.517. The highest BCUT2D eigenvalue weighted by atomic mass is 16.5. The number of carbonyl (C=O) groups is 1. The number of carboxylic acid groups (broad SMARTS) is 1. The Hall–Kier alpha value is -2.83. The largest absolute Gasteiger partial charge is 0.490 e. The molecule has 0 bridgehead atoms. The molecule has 1 saturated heterocycles. The van der Waals surface area contributed by atoms with Crippen LogP contribution < -0.4 is 9.47 Å². The molecule has 1 aliphatic heterocycles. The van der Waals surface area contributed by atoms with Gasteiger partial charge in [-0.2, -0.15) is 0 Å². The molecule has 154 valence electrons. The van der Waals surface area contributed by atoms with Gasteiger partial charge in [0.2, 0.25) is 0 Å². The van der Waals surface area contributed by atoms with Crippen LogP contribution >= 0.6 is 0 Å². The van der Waals surface area contributed by atoms with Crippen LogP contribution in [-0.4, -0.2) is 62.0 Å². The first-order valence-corrected chi connectivity index (χ1v) is 9.87. The van der Waals surface area contributed by atoms with E-state index >= 15 is 0 Å². The van der Waals surface area contributed by atoms with Crippen LogP contribution in [0.5, 0.6) is 11.5 Å². The van der Waals surface area contributed by atoms with Gasteiger partial charge in [-0.1, -0.05) is 36.4 Å². The molecule has 2 aromatic carbocycles. The number of aliphatic carboxylic acids is 1. The average Bonchev–Trinajstić information content (AvgIpc) is 2.75. The van der Waals surface area contributed by atoms with Crippen LogP contribution in [0.3, 0.4) is 0 Å². The van der Waals surface area contributed by atoms with E-state index in [1.54, 1.807) is 18.2 Å². The van der Waals surface area contributed by atoms with Crippen LogP contribution in [0, 0.1) is 0 Å². The SMILES string of the molecule is CCOc1cc(/C=C(\C(=O)O)c2ccccc2)ccc1OCCN1CCOCC1. The van der Waals surface area contributed by atoms with Crippen LogP contribution in [0.1, 0.15) is 18.1 Å². The van der Waals surface area contributed by atoms with Crippen molar-refractivity contribution < 1.29 is 24.1 Å². The molecule has 1 N–H and O–H groups in total. The zero-order valence-corrected chi connectivity index (χ0v) is 16.7. The summed E-state index contributed by atoms with van der Waals surface area (Å²) in [6.45, 7) is 7.15. The number of hydrogen-bond acceptors (Lipinski definition) is 5. The maximum Gasteiger partial charge on any atom is 0.336 e. The van der Waals surface area contributed by atoms with Gasteiger partial charge in [0.1, 0.15) is 6.61 Å². The van der Waals surface area contributed by atoms with Crippen molar-refractivity contribution >= 4 is 17.6 Å². The zero-order valence-electron chi connectivity index (χ0n) is 16.7. The Morgan fingerprint density at radius 2 is 1.86 bits per heavy atom. The average molecular weight is 397 g/mol. The first-order valence-electron chi connectivity index (χ1n) is 9.87. The Labute approximate surface area is 171 Å². The first-order chi connectivity index (χ1) is 14.2. The lowest BCUT2D eigenvalue weighted by molar-refractivity contribution is -0.130. The summed E-state index contributed by atoms with van der Waals surface area (Å²) in [6, 6.07) is 14.6. The molecule has 0 amide bonds. The lowest BCUT2D eigenvalue weighted by Crippen LogP contribution is -2.38. The number of rotatable bonds is 9. The Kier molecular flexibility index (Phi) is 7.67. The van der Waals surface area contributed by atoms with Gasteiger partial charge in [0.15, 0.2) is 11.5 Å². The fourth-order valence-corrected chi connectivity index (χ4v) is 3.16. The van der Waals surface area contributed by atoms with Crippen LogP contribution in [0.15, 0.2) is 48.5 Å². The van der Waals surface area contributed by atoms with Gasteiger partial charge in [-0.25, -0.2) is 4.79 Å².